The van der Waals surface area contributed by atoms with Gasteiger partial charge in [-0.25, -0.2) is 0 Å². The Kier molecular flexibility index (Phi) is 3.47. The lowest BCUT2D eigenvalue weighted by Crippen LogP contribution is -1.97. The Morgan fingerprint density at radius 2 is 1.69 bits per heavy atom. The lowest BCUT2D eigenvalue weighted by molar-refractivity contribution is 0.305. The molecule has 2 aromatic rings. The van der Waals surface area contributed by atoms with Gasteiger partial charge in [-0.3, -0.25) is 0 Å². The molecule has 0 unspecified atom stereocenters. The molecule has 0 saturated heterocycles. The van der Waals surface area contributed by atoms with Gasteiger partial charge < -0.3 is 4.74 Å². The van der Waals surface area contributed by atoms with Crippen LogP contribution in [0.3, 0.4) is 0 Å². The van der Waals surface area contributed by atoms with Gasteiger partial charge in [-0.05, 0) is 42.3 Å². The molecule has 2 rings (SSSR count). The molecule has 0 amide bonds. The van der Waals surface area contributed by atoms with Crippen LogP contribution in [0, 0.1) is 6.92 Å². The fourth-order valence-corrected chi connectivity index (χ4v) is 1.59. The number of halogens is 1. The van der Waals surface area contributed by atoms with E-state index in [9.17, 15) is 0 Å². The van der Waals surface area contributed by atoms with E-state index in [1.807, 2.05) is 36.4 Å². The zero-order valence-electron chi connectivity index (χ0n) is 9.11. The highest BCUT2D eigenvalue weighted by Crippen LogP contribution is 2.17. The highest BCUT2D eigenvalue weighted by atomic mass is 35.5. The van der Waals surface area contributed by atoms with E-state index in [1.165, 1.54) is 11.1 Å². The number of benzene rings is 2. The van der Waals surface area contributed by atoms with Crippen molar-refractivity contribution in [1.29, 1.82) is 0 Å². The first-order valence-corrected chi connectivity index (χ1v) is 5.56. The first kappa shape index (κ1) is 11.0. The van der Waals surface area contributed by atoms with Crippen molar-refractivity contribution in [3.8, 4) is 5.75 Å². The zero-order valence-corrected chi connectivity index (χ0v) is 9.87. The Morgan fingerprint density at radius 1 is 1.00 bits per heavy atom. The average Bonchev–Trinajstić information content (AvgIpc) is 2.30. The average molecular weight is 233 g/mol. The van der Waals surface area contributed by atoms with E-state index in [2.05, 4.69) is 19.1 Å². The first-order valence-electron chi connectivity index (χ1n) is 5.18. The molecule has 16 heavy (non-hydrogen) atoms. The minimum atomic E-state index is 0.592. The number of ether oxygens (including phenoxy) is 1. The normalized spacial score (nSPS) is 10.1. The summed E-state index contributed by atoms with van der Waals surface area (Å²) in [6.45, 7) is 2.68. The van der Waals surface area contributed by atoms with Crippen LogP contribution in [0.25, 0.3) is 0 Å². The minimum Gasteiger partial charge on any atom is -0.489 e. The van der Waals surface area contributed by atoms with Gasteiger partial charge in [0.1, 0.15) is 12.4 Å². The molecule has 0 aliphatic rings. The summed E-state index contributed by atoms with van der Waals surface area (Å²) in [5, 5.41) is 0.725. The highest BCUT2D eigenvalue weighted by Gasteiger charge is 1.98. The van der Waals surface area contributed by atoms with Crippen LogP contribution in [-0.4, -0.2) is 0 Å². The third-order valence-corrected chi connectivity index (χ3v) is 2.72. The third-order valence-electron chi connectivity index (χ3n) is 2.47. The van der Waals surface area contributed by atoms with Crippen molar-refractivity contribution >= 4 is 11.6 Å². The van der Waals surface area contributed by atoms with E-state index in [-0.39, 0.29) is 0 Å². The van der Waals surface area contributed by atoms with E-state index in [0.29, 0.717) is 6.61 Å². The van der Waals surface area contributed by atoms with Crippen molar-refractivity contribution in [2.24, 2.45) is 0 Å². The smallest absolute Gasteiger partial charge is 0.119 e. The topological polar surface area (TPSA) is 9.23 Å². The van der Waals surface area contributed by atoms with Crippen molar-refractivity contribution in [2.75, 3.05) is 0 Å². The van der Waals surface area contributed by atoms with E-state index < -0.39 is 0 Å². The maximum atomic E-state index is 5.80. The van der Waals surface area contributed by atoms with Crippen molar-refractivity contribution < 1.29 is 4.74 Å². The lowest BCUT2D eigenvalue weighted by atomic mass is 10.1. The maximum Gasteiger partial charge on any atom is 0.119 e. The summed E-state index contributed by atoms with van der Waals surface area (Å²) in [5.74, 6) is 0.840. The summed E-state index contributed by atoms with van der Waals surface area (Å²) in [7, 11) is 0. The zero-order chi connectivity index (χ0) is 11.4. The SMILES string of the molecule is Cc1ccccc1COc1ccc(Cl)cc1. The van der Waals surface area contributed by atoms with Crippen LogP contribution in [0.1, 0.15) is 11.1 Å². The predicted octanol–water partition coefficient (Wildman–Crippen LogP) is 4.23. The molecule has 0 bridgehead atoms. The second kappa shape index (κ2) is 5.04. The Balaban J connectivity index is 2.02. The molecule has 2 heteroatoms. The molecule has 1 nitrogen and oxygen atoms in total. The van der Waals surface area contributed by atoms with Gasteiger partial charge in [-0.2, -0.15) is 0 Å². The summed E-state index contributed by atoms with van der Waals surface area (Å²) in [6, 6.07) is 15.6. The van der Waals surface area contributed by atoms with Crippen LogP contribution in [0.5, 0.6) is 5.75 Å². The number of rotatable bonds is 3. The van der Waals surface area contributed by atoms with E-state index in [4.69, 9.17) is 16.3 Å². The van der Waals surface area contributed by atoms with Gasteiger partial charge in [0.2, 0.25) is 0 Å². The monoisotopic (exact) mass is 232 g/mol. The first-order chi connectivity index (χ1) is 7.75. The number of hydrogen-bond acceptors (Lipinski definition) is 1. The molecule has 0 radical (unpaired) electrons. The third kappa shape index (κ3) is 2.77. The number of aryl methyl sites for hydroxylation is 1. The van der Waals surface area contributed by atoms with Crippen molar-refractivity contribution in [1.82, 2.24) is 0 Å². The summed E-state index contributed by atoms with van der Waals surface area (Å²) < 4.78 is 5.67. The minimum absolute atomic E-state index is 0.592. The predicted molar refractivity (Wildman–Crippen MR) is 67.0 cm³/mol. The molecule has 0 aromatic heterocycles. The second-order valence-corrected chi connectivity index (χ2v) is 4.11. The lowest BCUT2D eigenvalue weighted by Gasteiger charge is -2.08. The summed E-state index contributed by atoms with van der Waals surface area (Å²) in [5.41, 5.74) is 2.45. The van der Waals surface area contributed by atoms with Crippen molar-refractivity contribution in [3.63, 3.8) is 0 Å². The molecule has 0 N–H and O–H groups in total. The molecule has 0 heterocycles. The fourth-order valence-electron chi connectivity index (χ4n) is 1.46. The standard InChI is InChI=1S/C14H13ClO/c1-11-4-2-3-5-12(11)10-16-14-8-6-13(15)7-9-14/h2-9H,10H2,1H3. The molecule has 0 atom stereocenters. The molecule has 2 aromatic carbocycles. The Morgan fingerprint density at radius 3 is 2.38 bits per heavy atom. The summed E-state index contributed by atoms with van der Waals surface area (Å²) in [4.78, 5) is 0. The quantitative estimate of drug-likeness (QED) is 0.770. The van der Waals surface area contributed by atoms with E-state index in [0.717, 1.165) is 10.8 Å². The van der Waals surface area contributed by atoms with Gasteiger partial charge in [0.05, 0.1) is 0 Å². The van der Waals surface area contributed by atoms with E-state index >= 15 is 0 Å². The van der Waals surface area contributed by atoms with Crippen LogP contribution in [0.15, 0.2) is 48.5 Å². The second-order valence-electron chi connectivity index (χ2n) is 3.67. The Hall–Kier alpha value is -1.47. The molecule has 0 fully saturated rings. The fraction of sp³-hybridized carbons (Fsp3) is 0.143. The summed E-state index contributed by atoms with van der Waals surface area (Å²) in [6.07, 6.45) is 0. The highest BCUT2D eigenvalue weighted by molar-refractivity contribution is 6.30. The van der Waals surface area contributed by atoms with Gasteiger partial charge >= 0.3 is 0 Å². The summed E-state index contributed by atoms with van der Waals surface area (Å²) >= 11 is 5.80. The molecule has 0 aliphatic heterocycles. The van der Waals surface area contributed by atoms with Crippen molar-refractivity contribution in [3.05, 3.63) is 64.7 Å². The largest absolute Gasteiger partial charge is 0.489 e. The Bertz CT molecular complexity index is 462. The van der Waals surface area contributed by atoms with Crippen LogP contribution in [0.4, 0.5) is 0 Å². The van der Waals surface area contributed by atoms with Gasteiger partial charge in [0, 0.05) is 5.02 Å². The van der Waals surface area contributed by atoms with Gasteiger partial charge in [-0.15, -0.1) is 0 Å². The van der Waals surface area contributed by atoms with Crippen LogP contribution >= 0.6 is 11.6 Å². The molecule has 82 valence electrons. The maximum absolute atomic E-state index is 5.80. The van der Waals surface area contributed by atoms with Gasteiger partial charge in [0.25, 0.3) is 0 Å². The van der Waals surface area contributed by atoms with Crippen LogP contribution < -0.4 is 4.74 Å². The van der Waals surface area contributed by atoms with Crippen LogP contribution in [0.2, 0.25) is 5.02 Å². The van der Waals surface area contributed by atoms with E-state index in [1.54, 1.807) is 0 Å². The molecule has 0 saturated carbocycles. The number of hydrogen-bond donors (Lipinski definition) is 0. The molecular formula is C14H13ClO. The van der Waals surface area contributed by atoms with Crippen LogP contribution in [-0.2, 0) is 6.61 Å². The van der Waals surface area contributed by atoms with Gasteiger partial charge in [0.15, 0.2) is 0 Å². The Labute approximate surface area is 101 Å². The molecule has 0 aliphatic carbocycles. The van der Waals surface area contributed by atoms with Gasteiger partial charge in [-0.1, -0.05) is 35.9 Å². The molecular weight excluding hydrogens is 220 g/mol. The molecule has 0 spiro atoms. The van der Waals surface area contributed by atoms with Crippen molar-refractivity contribution in [2.45, 2.75) is 13.5 Å².